The van der Waals surface area contributed by atoms with Crippen LogP contribution in [0.4, 0.5) is 0 Å². The van der Waals surface area contributed by atoms with E-state index in [1.165, 1.54) is 0 Å². The van der Waals surface area contributed by atoms with E-state index in [4.69, 9.17) is 0 Å². The molecule has 0 spiro atoms. The third-order valence-electron chi connectivity index (χ3n) is 2.83. The number of nitrogens with zero attached hydrogens (tertiary/aromatic N) is 2. The van der Waals surface area contributed by atoms with Gasteiger partial charge in [0.1, 0.15) is 11.4 Å². The van der Waals surface area contributed by atoms with Crippen LogP contribution in [0.3, 0.4) is 0 Å². The molecule has 0 amide bonds. The van der Waals surface area contributed by atoms with E-state index in [1.54, 1.807) is 6.20 Å². The summed E-state index contributed by atoms with van der Waals surface area (Å²) in [5.41, 5.74) is -0.706. The SMILES string of the molecule is CCCn1ccnc1C1(O)CSC(C)C1. The maximum Gasteiger partial charge on any atom is 0.141 e. The predicted octanol–water partition coefficient (Wildman–Crippen LogP) is 2.01. The third kappa shape index (κ3) is 2.06. The summed E-state index contributed by atoms with van der Waals surface area (Å²) in [4.78, 5) is 4.32. The fourth-order valence-corrected chi connectivity index (χ4v) is 3.37. The number of imidazole rings is 1. The van der Waals surface area contributed by atoms with Crippen molar-refractivity contribution in [1.82, 2.24) is 9.55 Å². The van der Waals surface area contributed by atoms with Crippen LogP contribution >= 0.6 is 11.8 Å². The average molecular weight is 226 g/mol. The summed E-state index contributed by atoms with van der Waals surface area (Å²) < 4.78 is 2.08. The zero-order valence-electron chi connectivity index (χ0n) is 9.31. The Kier molecular flexibility index (Phi) is 3.07. The van der Waals surface area contributed by atoms with Crippen LogP contribution in [-0.2, 0) is 12.1 Å². The Bertz CT molecular complexity index is 339. The van der Waals surface area contributed by atoms with Crippen molar-refractivity contribution in [1.29, 1.82) is 0 Å². The second-order valence-corrected chi connectivity index (χ2v) is 5.73. The van der Waals surface area contributed by atoms with Crippen LogP contribution in [0.2, 0.25) is 0 Å². The van der Waals surface area contributed by atoms with E-state index < -0.39 is 5.60 Å². The van der Waals surface area contributed by atoms with Gasteiger partial charge in [0.15, 0.2) is 0 Å². The molecule has 2 rings (SSSR count). The van der Waals surface area contributed by atoms with Gasteiger partial charge in [-0.05, 0) is 12.8 Å². The zero-order chi connectivity index (χ0) is 10.9. The molecule has 84 valence electrons. The van der Waals surface area contributed by atoms with Gasteiger partial charge in [-0.2, -0.15) is 11.8 Å². The monoisotopic (exact) mass is 226 g/mol. The number of aliphatic hydroxyl groups is 1. The molecule has 2 unspecified atom stereocenters. The van der Waals surface area contributed by atoms with Gasteiger partial charge < -0.3 is 9.67 Å². The lowest BCUT2D eigenvalue weighted by atomic mass is 10.00. The van der Waals surface area contributed by atoms with Crippen LogP contribution in [0.25, 0.3) is 0 Å². The molecule has 2 heterocycles. The fraction of sp³-hybridized carbons (Fsp3) is 0.727. The molecule has 0 radical (unpaired) electrons. The molecule has 1 aliphatic heterocycles. The third-order valence-corrected chi connectivity index (χ3v) is 4.21. The number of thioether (sulfide) groups is 1. The molecule has 1 aromatic heterocycles. The molecule has 0 bridgehead atoms. The number of rotatable bonds is 3. The van der Waals surface area contributed by atoms with Gasteiger partial charge in [-0.15, -0.1) is 0 Å². The Hall–Kier alpha value is -0.480. The molecule has 0 aromatic carbocycles. The molecular formula is C11H18N2OS. The summed E-state index contributed by atoms with van der Waals surface area (Å²) in [5.74, 6) is 1.62. The van der Waals surface area contributed by atoms with Gasteiger partial charge in [-0.3, -0.25) is 0 Å². The lowest BCUT2D eigenvalue weighted by Crippen LogP contribution is -2.30. The van der Waals surface area contributed by atoms with Crippen LogP contribution < -0.4 is 0 Å². The minimum Gasteiger partial charge on any atom is -0.381 e. The maximum absolute atomic E-state index is 10.5. The van der Waals surface area contributed by atoms with Gasteiger partial charge in [0.2, 0.25) is 0 Å². The summed E-state index contributed by atoms with van der Waals surface area (Å²) in [6.07, 6.45) is 5.64. The average Bonchev–Trinajstić information content (AvgIpc) is 2.75. The Morgan fingerprint density at radius 2 is 2.53 bits per heavy atom. The largest absolute Gasteiger partial charge is 0.381 e. The number of hydrogen-bond acceptors (Lipinski definition) is 3. The highest BCUT2D eigenvalue weighted by atomic mass is 32.2. The van der Waals surface area contributed by atoms with E-state index in [0.717, 1.165) is 31.0 Å². The Balaban J connectivity index is 2.24. The Morgan fingerprint density at radius 3 is 3.13 bits per heavy atom. The van der Waals surface area contributed by atoms with Gasteiger partial charge >= 0.3 is 0 Å². The fourth-order valence-electron chi connectivity index (χ4n) is 2.17. The van der Waals surface area contributed by atoms with Gasteiger partial charge in [0.05, 0.1) is 0 Å². The standard InChI is InChI=1S/C11H18N2OS/c1-3-5-13-6-4-12-10(13)11(14)7-9(2)15-8-11/h4,6,9,14H,3,5,7-8H2,1-2H3. The highest BCUT2D eigenvalue weighted by Gasteiger charge is 2.40. The molecule has 1 saturated heterocycles. The summed E-state index contributed by atoms with van der Waals surface area (Å²) in [6, 6.07) is 0. The molecule has 0 saturated carbocycles. The molecule has 2 atom stereocenters. The van der Waals surface area contributed by atoms with E-state index in [1.807, 2.05) is 18.0 Å². The van der Waals surface area contributed by atoms with Crippen LogP contribution in [0.5, 0.6) is 0 Å². The smallest absolute Gasteiger partial charge is 0.141 e. The van der Waals surface area contributed by atoms with Crippen molar-refractivity contribution in [2.75, 3.05) is 5.75 Å². The van der Waals surface area contributed by atoms with Crippen molar-refractivity contribution in [3.05, 3.63) is 18.2 Å². The molecule has 3 nitrogen and oxygen atoms in total. The van der Waals surface area contributed by atoms with E-state index in [9.17, 15) is 5.11 Å². The minimum atomic E-state index is -0.706. The van der Waals surface area contributed by atoms with Gasteiger partial charge in [-0.25, -0.2) is 4.98 Å². The summed E-state index contributed by atoms with van der Waals surface area (Å²) >= 11 is 1.83. The van der Waals surface area contributed by atoms with Crippen molar-refractivity contribution in [2.45, 2.75) is 44.1 Å². The van der Waals surface area contributed by atoms with Gasteiger partial charge in [0, 0.05) is 29.9 Å². The predicted molar refractivity (Wildman–Crippen MR) is 63.0 cm³/mol. The molecular weight excluding hydrogens is 208 g/mol. The molecule has 1 aliphatic rings. The van der Waals surface area contributed by atoms with Crippen molar-refractivity contribution in [3.63, 3.8) is 0 Å². The summed E-state index contributed by atoms with van der Waals surface area (Å²) in [6.45, 7) is 5.24. The van der Waals surface area contributed by atoms with Gasteiger partial charge in [0.25, 0.3) is 0 Å². The maximum atomic E-state index is 10.5. The molecule has 4 heteroatoms. The van der Waals surface area contributed by atoms with E-state index >= 15 is 0 Å². The van der Waals surface area contributed by atoms with Crippen LogP contribution in [0.1, 0.15) is 32.5 Å². The van der Waals surface area contributed by atoms with Crippen LogP contribution in [0.15, 0.2) is 12.4 Å². The topological polar surface area (TPSA) is 38.0 Å². The van der Waals surface area contributed by atoms with E-state index in [0.29, 0.717) is 5.25 Å². The quantitative estimate of drug-likeness (QED) is 0.856. The highest BCUT2D eigenvalue weighted by Crippen LogP contribution is 2.40. The second kappa shape index (κ2) is 4.18. The summed E-state index contributed by atoms with van der Waals surface area (Å²) in [7, 11) is 0. The number of hydrogen-bond donors (Lipinski definition) is 1. The molecule has 1 fully saturated rings. The van der Waals surface area contributed by atoms with Crippen molar-refractivity contribution >= 4 is 11.8 Å². The van der Waals surface area contributed by atoms with Crippen LogP contribution in [-0.4, -0.2) is 25.7 Å². The molecule has 1 aromatic rings. The van der Waals surface area contributed by atoms with E-state index in [2.05, 4.69) is 23.4 Å². The first-order chi connectivity index (χ1) is 7.15. The van der Waals surface area contributed by atoms with E-state index in [-0.39, 0.29) is 0 Å². The Morgan fingerprint density at radius 1 is 1.73 bits per heavy atom. The first kappa shape index (κ1) is 11.0. The first-order valence-corrected chi connectivity index (χ1v) is 6.56. The van der Waals surface area contributed by atoms with Crippen LogP contribution in [0, 0.1) is 0 Å². The number of aromatic nitrogens is 2. The summed E-state index contributed by atoms with van der Waals surface area (Å²) in [5, 5.41) is 11.1. The lowest BCUT2D eigenvalue weighted by molar-refractivity contribution is 0.0479. The van der Waals surface area contributed by atoms with Gasteiger partial charge in [-0.1, -0.05) is 13.8 Å². The highest BCUT2D eigenvalue weighted by molar-refractivity contribution is 8.00. The normalized spacial score (nSPS) is 31.0. The lowest BCUT2D eigenvalue weighted by Gasteiger charge is -2.22. The molecule has 1 N–H and O–H groups in total. The van der Waals surface area contributed by atoms with Crippen molar-refractivity contribution < 1.29 is 5.11 Å². The minimum absolute atomic E-state index is 0.529. The van der Waals surface area contributed by atoms with Crippen molar-refractivity contribution in [2.24, 2.45) is 0 Å². The van der Waals surface area contributed by atoms with Crippen molar-refractivity contribution in [3.8, 4) is 0 Å². The zero-order valence-corrected chi connectivity index (χ0v) is 10.1. The molecule has 0 aliphatic carbocycles. The second-order valence-electron chi connectivity index (χ2n) is 4.30. The Labute approximate surface area is 94.9 Å². The number of aryl methyl sites for hydroxylation is 1. The molecule has 15 heavy (non-hydrogen) atoms. The first-order valence-electron chi connectivity index (χ1n) is 5.51.